The molecule has 3 aromatic rings. The van der Waals surface area contributed by atoms with E-state index in [0.29, 0.717) is 15.7 Å². The topological polar surface area (TPSA) is 54.4 Å². The Labute approximate surface area is 129 Å². The third kappa shape index (κ3) is 2.57. The van der Waals surface area contributed by atoms with Gasteiger partial charge in [0, 0.05) is 10.8 Å². The first kappa shape index (κ1) is 14.6. The highest BCUT2D eigenvalue weighted by molar-refractivity contribution is 7.92. The van der Waals surface area contributed by atoms with Gasteiger partial charge in [-0.05, 0) is 16.8 Å². The minimum Gasteiger partial charge on any atom is -0.384 e. The van der Waals surface area contributed by atoms with Gasteiger partial charge < -0.3 is 5.11 Å². The molecule has 0 unspecified atom stereocenters. The third-order valence-corrected chi connectivity index (χ3v) is 5.09. The second kappa shape index (κ2) is 5.80. The number of fused-ring (bicyclic) bond motifs is 2. The van der Waals surface area contributed by atoms with E-state index in [1.165, 1.54) is 0 Å². The number of rotatable bonds is 2. The maximum absolute atomic E-state index is 12.8. The Morgan fingerprint density at radius 3 is 1.95 bits per heavy atom. The minimum atomic E-state index is -3.57. The van der Waals surface area contributed by atoms with Crippen LogP contribution in [0, 0.1) is 11.8 Å². The molecule has 0 aliphatic heterocycles. The molecule has 0 heterocycles. The van der Waals surface area contributed by atoms with E-state index in [-0.39, 0.29) is 12.4 Å². The molecular formula is C18H14O3S. The van der Waals surface area contributed by atoms with Gasteiger partial charge in [-0.25, -0.2) is 8.42 Å². The number of aliphatic hydroxyl groups is 1. The Bertz CT molecular complexity index is 955. The number of aliphatic hydroxyl groups excluding tert-OH is 1. The Hall–Kier alpha value is -2.35. The highest BCUT2D eigenvalue weighted by Gasteiger charge is 2.20. The quantitative estimate of drug-likeness (QED) is 0.585. The van der Waals surface area contributed by atoms with Gasteiger partial charge in [0.05, 0.1) is 4.90 Å². The molecule has 3 aromatic carbocycles. The molecule has 0 aliphatic carbocycles. The molecule has 0 radical (unpaired) electrons. The summed E-state index contributed by atoms with van der Waals surface area (Å²) in [5.74, 6) is 4.61. The predicted octanol–water partition coefficient (Wildman–Crippen LogP) is 2.76. The van der Waals surface area contributed by atoms with Gasteiger partial charge in [-0.3, -0.25) is 0 Å². The van der Waals surface area contributed by atoms with Gasteiger partial charge in [0.1, 0.15) is 12.4 Å². The summed E-state index contributed by atoms with van der Waals surface area (Å²) in [4.78, 5) is 0.313. The van der Waals surface area contributed by atoms with E-state index in [4.69, 9.17) is 5.11 Å². The normalized spacial score (nSPS) is 11.3. The highest BCUT2D eigenvalue weighted by Crippen LogP contribution is 2.32. The lowest BCUT2D eigenvalue weighted by molar-refractivity contribution is 0.350. The Kier molecular flexibility index (Phi) is 3.84. The van der Waals surface area contributed by atoms with Crippen LogP contribution in [0.15, 0.2) is 59.5 Å². The second-order valence-electron chi connectivity index (χ2n) is 4.92. The van der Waals surface area contributed by atoms with Crippen LogP contribution >= 0.6 is 0 Å². The maximum atomic E-state index is 12.8. The van der Waals surface area contributed by atoms with Crippen molar-refractivity contribution in [3.8, 4) is 11.8 Å². The molecular weight excluding hydrogens is 296 g/mol. The van der Waals surface area contributed by atoms with Crippen LogP contribution < -0.4 is 0 Å². The molecule has 3 nitrogen and oxygen atoms in total. The molecule has 0 aliphatic rings. The summed E-state index contributed by atoms with van der Waals surface area (Å²) in [6, 6.07) is 16.9. The van der Waals surface area contributed by atoms with Crippen LogP contribution in [0.2, 0.25) is 0 Å². The van der Waals surface area contributed by atoms with E-state index in [1.54, 1.807) is 0 Å². The van der Waals surface area contributed by atoms with Gasteiger partial charge in [0.2, 0.25) is 0 Å². The first-order chi connectivity index (χ1) is 10.6. The van der Waals surface area contributed by atoms with Gasteiger partial charge in [0.15, 0.2) is 9.84 Å². The third-order valence-electron chi connectivity index (χ3n) is 3.50. The number of sulfone groups is 1. The van der Waals surface area contributed by atoms with E-state index in [0.717, 1.165) is 10.8 Å². The van der Waals surface area contributed by atoms with Crippen molar-refractivity contribution in [2.45, 2.75) is 4.90 Å². The van der Waals surface area contributed by atoms with Gasteiger partial charge in [-0.2, -0.15) is 0 Å². The van der Waals surface area contributed by atoms with Crippen LogP contribution in [0.3, 0.4) is 0 Å². The van der Waals surface area contributed by atoms with Crippen molar-refractivity contribution in [1.82, 2.24) is 0 Å². The van der Waals surface area contributed by atoms with Crippen molar-refractivity contribution < 1.29 is 13.5 Å². The summed E-state index contributed by atoms with van der Waals surface area (Å²) in [5, 5.41) is 11.9. The Morgan fingerprint density at radius 1 is 0.864 bits per heavy atom. The molecule has 22 heavy (non-hydrogen) atoms. The van der Waals surface area contributed by atoms with Gasteiger partial charge in [-0.15, -0.1) is 0 Å². The van der Waals surface area contributed by atoms with Crippen molar-refractivity contribution >= 4 is 31.4 Å². The summed E-state index contributed by atoms with van der Waals surface area (Å²) >= 11 is 0. The van der Waals surface area contributed by atoms with E-state index in [2.05, 4.69) is 11.8 Å². The molecule has 3 rings (SSSR count). The fourth-order valence-corrected chi connectivity index (χ4v) is 4.06. The first-order valence-corrected chi connectivity index (χ1v) is 8.48. The zero-order valence-corrected chi connectivity index (χ0v) is 12.6. The lowest BCUT2D eigenvalue weighted by Gasteiger charge is -2.10. The number of hydrogen-bond acceptors (Lipinski definition) is 3. The number of hydrogen-bond donors (Lipinski definition) is 1. The minimum absolute atomic E-state index is 0.300. The maximum Gasteiger partial charge on any atom is 0.190 e. The van der Waals surface area contributed by atoms with E-state index >= 15 is 0 Å². The van der Waals surface area contributed by atoms with Gasteiger partial charge in [0.25, 0.3) is 0 Å². The van der Waals surface area contributed by atoms with Crippen molar-refractivity contribution in [3.63, 3.8) is 0 Å². The van der Waals surface area contributed by atoms with Crippen LogP contribution in [0.4, 0.5) is 0 Å². The average Bonchev–Trinajstić information content (AvgIpc) is 2.52. The fraction of sp³-hybridized carbons (Fsp3) is 0.111. The molecule has 0 spiro atoms. The SMILES string of the molecule is O=S(=O)(CC#CCO)c1c2ccccc2cc2ccccc12. The standard InChI is InChI=1S/C18H14O3S/c19-11-5-6-12-22(20,21)18-16-9-3-1-7-14(16)13-15-8-2-4-10-17(15)18/h1-4,7-10,13,19H,11-12H2. The zero-order chi connectivity index (χ0) is 15.6. The second-order valence-corrected chi connectivity index (χ2v) is 6.85. The molecule has 0 saturated carbocycles. The lowest BCUT2D eigenvalue weighted by atomic mass is 10.0. The van der Waals surface area contributed by atoms with Crippen molar-refractivity contribution in [2.24, 2.45) is 0 Å². The molecule has 0 atom stereocenters. The lowest BCUT2D eigenvalue weighted by Crippen LogP contribution is -2.07. The van der Waals surface area contributed by atoms with Crippen LogP contribution in [-0.4, -0.2) is 25.9 Å². The van der Waals surface area contributed by atoms with E-state index in [1.807, 2.05) is 54.6 Å². The van der Waals surface area contributed by atoms with Crippen LogP contribution in [-0.2, 0) is 9.84 Å². The molecule has 1 N–H and O–H groups in total. The van der Waals surface area contributed by atoms with Crippen molar-refractivity contribution in [3.05, 3.63) is 54.6 Å². The zero-order valence-electron chi connectivity index (χ0n) is 11.8. The Balaban J connectivity index is 2.38. The average molecular weight is 310 g/mol. The summed E-state index contributed by atoms with van der Waals surface area (Å²) in [6.45, 7) is -0.341. The summed E-state index contributed by atoms with van der Waals surface area (Å²) in [6.07, 6.45) is 0. The molecule has 0 fully saturated rings. The molecule has 0 aromatic heterocycles. The summed E-state index contributed by atoms with van der Waals surface area (Å²) in [7, 11) is -3.57. The largest absolute Gasteiger partial charge is 0.384 e. The van der Waals surface area contributed by atoms with Crippen LogP contribution in [0.1, 0.15) is 0 Å². The summed E-state index contributed by atoms with van der Waals surface area (Å²) in [5.41, 5.74) is 0. The molecule has 0 bridgehead atoms. The Morgan fingerprint density at radius 2 is 1.41 bits per heavy atom. The van der Waals surface area contributed by atoms with Crippen LogP contribution in [0.5, 0.6) is 0 Å². The fourth-order valence-electron chi connectivity index (χ4n) is 2.58. The van der Waals surface area contributed by atoms with Gasteiger partial charge in [-0.1, -0.05) is 60.4 Å². The monoisotopic (exact) mass is 310 g/mol. The van der Waals surface area contributed by atoms with Crippen molar-refractivity contribution in [1.29, 1.82) is 0 Å². The smallest absolute Gasteiger partial charge is 0.190 e. The van der Waals surface area contributed by atoms with Crippen LogP contribution in [0.25, 0.3) is 21.5 Å². The highest BCUT2D eigenvalue weighted by atomic mass is 32.2. The van der Waals surface area contributed by atoms with Crippen molar-refractivity contribution in [2.75, 3.05) is 12.4 Å². The molecule has 110 valence electrons. The molecule has 0 saturated heterocycles. The van der Waals surface area contributed by atoms with Gasteiger partial charge >= 0.3 is 0 Å². The number of benzene rings is 3. The first-order valence-electron chi connectivity index (χ1n) is 6.83. The molecule has 4 heteroatoms. The van der Waals surface area contributed by atoms with E-state index in [9.17, 15) is 8.42 Å². The summed E-state index contributed by atoms with van der Waals surface area (Å²) < 4.78 is 25.5. The molecule has 0 amide bonds. The predicted molar refractivity (Wildman–Crippen MR) is 88.4 cm³/mol. The van der Waals surface area contributed by atoms with E-state index < -0.39 is 9.84 Å².